The van der Waals surface area contributed by atoms with Crippen LogP contribution in [0.3, 0.4) is 0 Å². The van der Waals surface area contributed by atoms with Crippen molar-refractivity contribution in [3.8, 4) is 0 Å². The number of rotatable bonds is 8. The highest BCUT2D eigenvalue weighted by Crippen LogP contribution is 2.46. The Kier molecular flexibility index (Phi) is 8.22. The van der Waals surface area contributed by atoms with Crippen molar-refractivity contribution in [2.24, 2.45) is 17.3 Å². The van der Waals surface area contributed by atoms with E-state index in [-0.39, 0.29) is 19.8 Å². The van der Waals surface area contributed by atoms with Crippen LogP contribution in [-0.4, -0.2) is 37.7 Å². The van der Waals surface area contributed by atoms with Gasteiger partial charge in [-0.05, 0) is 39.0 Å². The van der Waals surface area contributed by atoms with Crippen LogP contribution < -0.4 is 0 Å². The third-order valence-electron chi connectivity index (χ3n) is 4.70. The fourth-order valence-electron chi connectivity index (χ4n) is 3.56. The molecule has 0 aromatic heterocycles. The molecule has 1 aliphatic rings. The van der Waals surface area contributed by atoms with Gasteiger partial charge in [0.15, 0.2) is 5.92 Å². The van der Waals surface area contributed by atoms with E-state index in [2.05, 4.69) is 0 Å². The number of hydrogen-bond donors (Lipinski definition) is 0. The Morgan fingerprint density at radius 3 is 1.62 bits per heavy atom. The van der Waals surface area contributed by atoms with Gasteiger partial charge in [0.2, 0.25) is 0 Å². The zero-order valence-electron chi connectivity index (χ0n) is 15.3. The average Bonchev–Trinajstić information content (AvgIpc) is 2.53. The molecule has 0 heterocycles. The molecule has 6 heteroatoms. The van der Waals surface area contributed by atoms with Gasteiger partial charge in [-0.3, -0.25) is 14.4 Å². The van der Waals surface area contributed by atoms with Gasteiger partial charge in [-0.1, -0.05) is 26.2 Å². The van der Waals surface area contributed by atoms with Gasteiger partial charge in [-0.2, -0.15) is 0 Å². The maximum atomic E-state index is 12.7. The summed E-state index contributed by atoms with van der Waals surface area (Å²) in [4.78, 5) is 37.6. The van der Waals surface area contributed by atoms with Gasteiger partial charge in [0.1, 0.15) is 0 Å². The van der Waals surface area contributed by atoms with E-state index in [0.717, 1.165) is 32.1 Å². The Balaban J connectivity index is 3.24. The molecule has 0 aromatic carbocycles. The van der Waals surface area contributed by atoms with Crippen LogP contribution in [0.15, 0.2) is 0 Å². The number of ether oxygens (including phenoxy) is 3. The molecule has 1 aliphatic carbocycles. The van der Waals surface area contributed by atoms with Crippen molar-refractivity contribution in [2.45, 2.75) is 59.8 Å². The van der Waals surface area contributed by atoms with E-state index in [0.29, 0.717) is 0 Å². The molecule has 0 amide bonds. The third kappa shape index (κ3) is 4.95. The van der Waals surface area contributed by atoms with Crippen molar-refractivity contribution >= 4 is 17.9 Å². The molecule has 1 saturated carbocycles. The number of carbonyl (C=O) groups is 3. The molecular weight excluding hydrogens is 312 g/mol. The standard InChI is InChI=1S/C18H30O6/c1-5-22-15(19)13(16(20)23-6-2)14(17(21)24-7-3)18(4)11-9-8-10-12-18/h13-14H,5-12H2,1-4H3. The monoisotopic (exact) mass is 342 g/mol. The normalized spacial score (nSPS) is 17.9. The molecule has 24 heavy (non-hydrogen) atoms. The first-order valence-corrected chi connectivity index (χ1v) is 8.91. The summed E-state index contributed by atoms with van der Waals surface area (Å²) in [6.07, 6.45) is 4.56. The lowest BCUT2D eigenvalue weighted by molar-refractivity contribution is -0.177. The highest BCUT2D eigenvalue weighted by Gasteiger charge is 2.52. The first-order valence-electron chi connectivity index (χ1n) is 8.91. The van der Waals surface area contributed by atoms with E-state index < -0.39 is 35.2 Å². The van der Waals surface area contributed by atoms with Crippen molar-refractivity contribution in [3.63, 3.8) is 0 Å². The predicted molar refractivity (Wildman–Crippen MR) is 88.1 cm³/mol. The van der Waals surface area contributed by atoms with Crippen LogP contribution in [0.4, 0.5) is 0 Å². The molecule has 0 aromatic rings. The summed E-state index contributed by atoms with van der Waals surface area (Å²) in [5.74, 6) is -4.09. The first-order chi connectivity index (χ1) is 11.4. The van der Waals surface area contributed by atoms with Gasteiger partial charge in [-0.15, -0.1) is 0 Å². The molecule has 0 saturated heterocycles. The molecule has 0 bridgehead atoms. The minimum Gasteiger partial charge on any atom is -0.466 e. The summed E-state index contributed by atoms with van der Waals surface area (Å²) in [6.45, 7) is 7.48. The minimum atomic E-state index is -1.27. The second kappa shape index (κ2) is 9.64. The van der Waals surface area contributed by atoms with Gasteiger partial charge in [0, 0.05) is 0 Å². The fourth-order valence-corrected chi connectivity index (χ4v) is 3.56. The van der Waals surface area contributed by atoms with Crippen molar-refractivity contribution in [1.82, 2.24) is 0 Å². The highest BCUT2D eigenvalue weighted by atomic mass is 16.6. The molecular formula is C18H30O6. The summed E-state index contributed by atoms with van der Waals surface area (Å²) in [7, 11) is 0. The Bertz CT molecular complexity index is 421. The Morgan fingerprint density at radius 1 is 0.792 bits per heavy atom. The van der Waals surface area contributed by atoms with Crippen LogP contribution in [0.25, 0.3) is 0 Å². The quantitative estimate of drug-likeness (QED) is 0.383. The molecule has 1 unspecified atom stereocenters. The smallest absolute Gasteiger partial charge is 0.321 e. The second-order valence-corrected chi connectivity index (χ2v) is 6.43. The van der Waals surface area contributed by atoms with Gasteiger partial charge < -0.3 is 14.2 Å². The molecule has 1 rings (SSSR count). The average molecular weight is 342 g/mol. The Hall–Kier alpha value is -1.59. The van der Waals surface area contributed by atoms with Crippen molar-refractivity contribution in [2.75, 3.05) is 19.8 Å². The first kappa shape index (κ1) is 20.5. The summed E-state index contributed by atoms with van der Waals surface area (Å²) in [5, 5.41) is 0. The van der Waals surface area contributed by atoms with Gasteiger partial charge in [-0.25, -0.2) is 0 Å². The maximum absolute atomic E-state index is 12.7. The van der Waals surface area contributed by atoms with E-state index >= 15 is 0 Å². The summed E-state index contributed by atoms with van der Waals surface area (Å²) in [5.41, 5.74) is -0.477. The van der Waals surface area contributed by atoms with Gasteiger partial charge in [0.05, 0.1) is 25.7 Å². The van der Waals surface area contributed by atoms with Crippen LogP contribution in [0.5, 0.6) is 0 Å². The molecule has 1 fully saturated rings. The van der Waals surface area contributed by atoms with E-state index in [4.69, 9.17) is 14.2 Å². The minimum absolute atomic E-state index is 0.140. The maximum Gasteiger partial charge on any atom is 0.321 e. The molecule has 0 N–H and O–H groups in total. The predicted octanol–water partition coefficient (Wildman–Crippen LogP) is 2.88. The lowest BCUT2D eigenvalue weighted by atomic mass is 9.63. The number of esters is 3. The van der Waals surface area contributed by atoms with Gasteiger partial charge in [0.25, 0.3) is 0 Å². The van der Waals surface area contributed by atoms with Crippen molar-refractivity contribution < 1.29 is 28.6 Å². The Labute approximate surface area is 144 Å². The SMILES string of the molecule is CCOC(=O)C(C(=O)OCC)C(C(=O)OCC)C1(C)CCCCC1. The third-order valence-corrected chi connectivity index (χ3v) is 4.70. The molecule has 0 aliphatic heterocycles. The van der Waals surface area contributed by atoms with Crippen molar-refractivity contribution in [3.05, 3.63) is 0 Å². The molecule has 0 spiro atoms. The highest BCUT2D eigenvalue weighted by molar-refractivity contribution is 5.99. The van der Waals surface area contributed by atoms with Crippen LogP contribution in [-0.2, 0) is 28.6 Å². The summed E-state index contributed by atoms with van der Waals surface area (Å²) < 4.78 is 15.3. The zero-order valence-corrected chi connectivity index (χ0v) is 15.3. The molecule has 138 valence electrons. The number of hydrogen-bond acceptors (Lipinski definition) is 6. The van der Waals surface area contributed by atoms with Crippen LogP contribution in [0.2, 0.25) is 0 Å². The fraction of sp³-hybridized carbons (Fsp3) is 0.833. The molecule has 0 radical (unpaired) electrons. The Morgan fingerprint density at radius 2 is 1.21 bits per heavy atom. The second-order valence-electron chi connectivity index (χ2n) is 6.43. The van der Waals surface area contributed by atoms with Crippen LogP contribution >= 0.6 is 0 Å². The topological polar surface area (TPSA) is 78.9 Å². The van der Waals surface area contributed by atoms with E-state index in [1.54, 1.807) is 20.8 Å². The molecule has 1 atom stereocenters. The summed E-state index contributed by atoms with van der Waals surface area (Å²) in [6, 6.07) is 0. The largest absolute Gasteiger partial charge is 0.466 e. The van der Waals surface area contributed by atoms with E-state index in [9.17, 15) is 14.4 Å². The van der Waals surface area contributed by atoms with Crippen LogP contribution in [0.1, 0.15) is 59.8 Å². The molecule has 6 nitrogen and oxygen atoms in total. The van der Waals surface area contributed by atoms with Gasteiger partial charge >= 0.3 is 17.9 Å². The number of carbonyl (C=O) groups excluding carboxylic acids is 3. The lowest BCUT2D eigenvalue weighted by Crippen LogP contribution is -2.48. The van der Waals surface area contributed by atoms with Crippen LogP contribution in [0, 0.1) is 17.3 Å². The van der Waals surface area contributed by atoms with E-state index in [1.807, 2.05) is 6.92 Å². The van der Waals surface area contributed by atoms with E-state index in [1.165, 1.54) is 0 Å². The summed E-state index contributed by atoms with van der Waals surface area (Å²) >= 11 is 0. The van der Waals surface area contributed by atoms with Crippen molar-refractivity contribution in [1.29, 1.82) is 0 Å². The lowest BCUT2D eigenvalue weighted by Gasteiger charge is -2.41. The zero-order chi connectivity index (χ0) is 18.2.